The Balaban J connectivity index is 1.76. The van der Waals surface area contributed by atoms with E-state index in [1.807, 2.05) is 51.1 Å². The van der Waals surface area contributed by atoms with Crippen molar-refractivity contribution in [1.82, 2.24) is 5.32 Å². The average Bonchev–Trinajstić information content (AvgIpc) is 2.69. The number of allylic oxidation sites excluding steroid dienone is 1. The second kappa shape index (κ2) is 9.31. The van der Waals surface area contributed by atoms with Gasteiger partial charge in [0.05, 0.1) is 0 Å². The molecule has 1 aromatic rings. The molecule has 0 aromatic heterocycles. The number of para-hydroxylation sites is 1. The van der Waals surface area contributed by atoms with E-state index in [4.69, 9.17) is 14.2 Å². The van der Waals surface area contributed by atoms with Gasteiger partial charge < -0.3 is 30.0 Å². The van der Waals surface area contributed by atoms with Crippen LogP contribution in [0.2, 0.25) is 0 Å². The molecule has 0 aliphatic carbocycles. The topological polar surface area (TPSA) is 106 Å². The number of anilines is 1. The number of nitrogens with one attached hydrogen (secondary N) is 2. The fourth-order valence-electron chi connectivity index (χ4n) is 3.90. The van der Waals surface area contributed by atoms with Crippen LogP contribution in [0.15, 0.2) is 36.4 Å². The van der Waals surface area contributed by atoms with Gasteiger partial charge in [-0.05, 0) is 30.9 Å². The second-order valence-corrected chi connectivity index (χ2v) is 9.85. The van der Waals surface area contributed by atoms with Gasteiger partial charge in [-0.15, -0.1) is 0 Å². The standard InChI is InChI=1S/C24H34N2O6/c1-23(2,3)12-11-17-18(27)19(32-24(4,5)31-17)20(30-6)22(29)26-16-13-14-9-7-8-10-15(14)25-21(16)28/h7-12,16-20,27H,13H2,1-6H3,(H,25,28)(H,26,29)/b12-11+/t16?,17-,18+,19-,20-/m1/s1. The van der Waals surface area contributed by atoms with E-state index in [2.05, 4.69) is 10.6 Å². The number of aliphatic hydroxyl groups is 1. The van der Waals surface area contributed by atoms with Crippen molar-refractivity contribution in [2.45, 2.75) is 77.3 Å². The highest BCUT2D eigenvalue weighted by atomic mass is 16.7. The van der Waals surface area contributed by atoms with Gasteiger partial charge in [-0.25, -0.2) is 0 Å². The lowest BCUT2D eigenvalue weighted by Crippen LogP contribution is -2.62. The molecular formula is C24H34N2O6. The summed E-state index contributed by atoms with van der Waals surface area (Å²) in [6, 6.07) is 6.70. The average molecular weight is 447 g/mol. The molecule has 8 heteroatoms. The van der Waals surface area contributed by atoms with E-state index in [0.29, 0.717) is 6.42 Å². The van der Waals surface area contributed by atoms with E-state index >= 15 is 0 Å². The van der Waals surface area contributed by atoms with Gasteiger partial charge in [-0.3, -0.25) is 9.59 Å². The normalized spacial score (nSPS) is 28.7. The fourth-order valence-corrected chi connectivity index (χ4v) is 3.90. The zero-order chi connectivity index (χ0) is 23.7. The molecule has 32 heavy (non-hydrogen) atoms. The lowest BCUT2D eigenvalue weighted by atomic mass is 9.92. The van der Waals surface area contributed by atoms with Crippen LogP contribution >= 0.6 is 0 Å². The van der Waals surface area contributed by atoms with Gasteiger partial charge in [0.15, 0.2) is 11.9 Å². The molecule has 176 valence electrons. The van der Waals surface area contributed by atoms with Gasteiger partial charge in [-0.2, -0.15) is 0 Å². The quantitative estimate of drug-likeness (QED) is 0.599. The van der Waals surface area contributed by atoms with Crippen molar-refractivity contribution in [3.05, 3.63) is 42.0 Å². The predicted molar refractivity (Wildman–Crippen MR) is 120 cm³/mol. The highest BCUT2D eigenvalue weighted by Gasteiger charge is 2.48. The third-order valence-electron chi connectivity index (χ3n) is 5.44. The summed E-state index contributed by atoms with van der Waals surface area (Å²) in [7, 11) is 1.37. The smallest absolute Gasteiger partial charge is 0.252 e. The molecule has 1 aromatic carbocycles. The number of ether oxygens (including phenoxy) is 3. The second-order valence-electron chi connectivity index (χ2n) is 9.85. The van der Waals surface area contributed by atoms with Gasteiger partial charge in [0.1, 0.15) is 24.4 Å². The van der Waals surface area contributed by atoms with Crippen molar-refractivity contribution < 1.29 is 28.9 Å². The number of methoxy groups -OCH3 is 1. The van der Waals surface area contributed by atoms with Crippen LogP contribution in [0.1, 0.15) is 40.2 Å². The number of hydrogen-bond donors (Lipinski definition) is 3. The Morgan fingerprint density at radius 3 is 2.66 bits per heavy atom. The summed E-state index contributed by atoms with van der Waals surface area (Å²) in [6.45, 7) is 9.56. The zero-order valence-corrected chi connectivity index (χ0v) is 19.5. The molecule has 0 spiro atoms. The summed E-state index contributed by atoms with van der Waals surface area (Å²) in [5.74, 6) is -1.88. The van der Waals surface area contributed by atoms with Gasteiger partial charge in [-0.1, -0.05) is 51.1 Å². The van der Waals surface area contributed by atoms with Crippen LogP contribution in [0.5, 0.6) is 0 Å². The van der Waals surface area contributed by atoms with E-state index in [1.165, 1.54) is 7.11 Å². The Morgan fingerprint density at radius 1 is 1.31 bits per heavy atom. The zero-order valence-electron chi connectivity index (χ0n) is 19.5. The van der Waals surface area contributed by atoms with E-state index in [1.54, 1.807) is 19.9 Å². The van der Waals surface area contributed by atoms with Crippen molar-refractivity contribution >= 4 is 17.5 Å². The van der Waals surface area contributed by atoms with E-state index in [-0.39, 0.29) is 11.3 Å². The minimum atomic E-state index is -1.14. The summed E-state index contributed by atoms with van der Waals surface area (Å²) in [5.41, 5.74) is 1.57. The molecule has 0 bridgehead atoms. The van der Waals surface area contributed by atoms with Crippen molar-refractivity contribution in [1.29, 1.82) is 0 Å². The Hall–Kier alpha value is -2.26. The van der Waals surface area contributed by atoms with Crippen LogP contribution in [-0.2, 0) is 30.2 Å². The van der Waals surface area contributed by atoms with Crippen LogP contribution in [0.4, 0.5) is 5.69 Å². The highest BCUT2D eigenvalue weighted by Crippen LogP contribution is 2.31. The van der Waals surface area contributed by atoms with Crippen LogP contribution in [-0.4, -0.2) is 60.3 Å². The van der Waals surface area contributed by atoms with Crippen molar-refractivity contribution in [3.8, 4) is 0 Å². The summed E-state index contributed by atoms with van der Waals surface area (Å²) in [5, 5.41) is 16.5. The third-order valence-corrected chi connectivity index (χ3v) is 5.44. The Morgan fingerprint density at radius 2 is 2.00 bits per heavy atom. The first-order chi connectivity index (χ1) is 14.9. The summed E-state index contributed by atoms with van der Waals surface area (Å²) < 4.78 is 17.2. The number of fused-ring (bicyclic) bond motifs is 1. The molecule has 1 fully saturated rings. The molecule has 2 aliphatic heterocycles. The number of hydrogen-bond acceptors (Lipinski definition) is 6. The Labute approximate surface area is 189 Å². The number of carbonyl (C=O) groups is 2. The molecule has 1 unspecified atom stereocenters. The number of amides is 2. The van der Waals surface area contributed by atoms with Crippen molar-refractivity contribution in [2.24, 2.45) is 5.41 Å². The molecule has 3 rings (SSSR count). The SMILES string of the molecule is CO[C@@H](C(=O)NC1Cc2ccccc2NC1=O)[C@@H]1OC(C)(C)O[C@H](/C=C/C(C)(C)C)[C@@H]1O. The molecule has 0 radical (unpaired) electrons. The molecule has 3 N–H and O–H groups in total. The molecule has 0 saturated carbocycles. The lowest BCUT2D eigenvalue weighted by Gasteiger charge is -2.45. The van der Waals surface area contributed by atoms with Crippen molar-refractivity contribution in [2.75, 3.05) is 12.4 Å². The molecule has 2 heterocycles. The van der Waals surface area contributed by atoms with E-state index < -0.39 is 42.2 Å². The van der Waals surface area contributed by atoms with E-state index in [0.717, 1.165) is 11.3 Å². The van der Waals surface area contributed by atoms with Crippen LogP contribution in [0, 0.1) is 5.41 Å². The maximum absolute atomic E-state index is 13.1. The maximum atomic E-state index is 13.1. The number of aliphatic hydroxyl groups excluding tert-OH is 1. The largest absolute Gasteiger partial charge is 0.387 e. The molecule has 5 atom stereocenters. The minimum Gasteiger partial charge on any atom is -0.387 e. The fraction of sp³-hybridized carbons (Fsp3) is 0.583. The number of benzene rings is 1. The molecular weight excluding hydrogens is 412 g/mol. The first-order valence-corrected chi connectivity index (χ1v) is 10.9. The Kier molecular flexibility index (Phi) is 7.09. The lowest BCUT2D eigenvalue weighted by molar-refractivity contribution is -0.334. The van der Waals surface area contributed by atoms with Crippen LogP contribution in [0.3, 0.4) is 0 Å². The molecule has 1 saturated heterocycles. The summed E-state index contributed by atoms with van der Waals surface area (Å²) in [6.07, 6.45) is 0.157. The van der Waals surface area contributed by atoms with Crippen LogP contribution in [0.25, 0.3) is 0 Å². The van der Waals surface area contributed by atoms with E-state index in [9.17, 15) is 14.7 Å². The Bertz CT molecular complexity index is 875. The number of carbonyl (C=O) groups excluding carboxylic acids is 2. The van der Waals surface area contributed by atoms with Crippen molar-refractivity contribution in [3.63, 3.8) is 0 Å². The van der Waals surface area contributed by atoms with Gasteiger partial charge in [0.2, 0.25) is 5.91 Å². The monoisotopic (exact) mass is 446 g/mol. The van der Waals surface area contributed by atoms with Crippen LogP contribution < -0.4 is 10.6 Å². The summed E-state index contributed by atoms with van der Waals surface area (Å²) >= 11 is 0. The van der Waals surface area contributed by atoms with Gasteiger partial charge in [0.25, 0.3) is 5.91 Å². The summed E-state index contributed by atoms with van der Waals surface area (Å²) in [4.78, 5) is 25.6. The minimum absolute atomic E-state index is 0.107. The predicted octanol–water partition coefficient (Wildman–Crippen LogP) is 2.16. The van der Waals surface area contributed by atoms with Gasteiger partial charge in [0, 0.05) is 19.2 Å². The first kappa shape index (κ1) is 24.4. The first-order valence-electron chi connectivity index (χ1n) is 10.9. The number of rotatable bonds is 5. The van der Waals surface area contributed by atoms with Gasteiger partial charge >= 0.3 is 0 Å². The molecule has 2 amide bonds. The maximum Gasteiger partial charge on any atom is 0.252 e. The highest BCUT2D eigenvalue weighted by molar-refractivity contribution is 6.00. The molecule has 8 nitrogen and oxygen atoms in total. The third kappa shape index (κ3) is 5.75. The molecule has 2 aliphatic rings.